The fraction of sp³-hybridized carbons (Fsp3) is 0.385. The molecule has 1 aromatic rings. The molecule has 1 aliphatic heterocycles. The summed E-state index contributed by atoms with van der Waals surface area (Å²) in [6, 6.07) is 7.47. The smallest absolute Gasteiger partial charge is 0.246 e. The highest BCUT2D eigenvalue weighted by molar-refractivity contribution is 6.02. The predicted octanol–water partition coefficient (Wildman–Crippen LogP) is 0.878. The maximum Gasteiger partial charge on any atom is 0.246 e. The van der Waals surface area contributed by atoms with Gasteiger partial charge >= 0.3 is 0 Å². The average molecular weight is 244 g/mol. The topological polar surface area (TPSA) is 59.4 Å². The zero-order valence-corrected chi connectivity index (χ0v) is 10.6. The number of hydrogen-bond acceptors (Lipinski definition) is 4. The van der Waals surface area contributed by atoms with Gasteiger partial charge in [0.05, 0.1) is 29.6 Å². The minimum atomic E-state index is 0.0411. The Bertz CT molecular complexity index is 504. The van der Waals surface area contributed by atoms with E-state index >= 15 is 0 Å². The fourth-order valence-corrected chi connectivity index (χ4v) is 1.92. The van der Waals surface area contributed by atoms with E-state index in [0.717, 1.165) is 17.9 Å². The minimum Gasteiger partial charge on any atom is -0.374 e. The molecule has 0 radical (unpaired) electrons. The standard InChI is InChI=1S/C13H16N4O/c1-16(2)5-6-17-12-7-10(8-14)3-4-11(12)15-9-13(17)18/h3-4,7,15H,5-6,9H2,1-2H3. The van der Waals surface area contributed by atoms with Gasteiger partial charge in [-0.25, -0.2) is 0 Å². The Morgan fingerprint density at radius 3 is 2.94 bits per heavy atom. The highest BCUT2D eigenvalue weighted by Gasteiger charge is 2.23. The Kier molecular flexibility index (Phi) is 3.49. The highest BCUT2D eigenvalue weighted by Crippen LogP contribution is 2.30. The molecule has 94 valence electrons. The summed E-state index contributed by atoms with van der Waals surface area (Å²) in [4.78, 5) is 15.7. The Morgan fingerprint density at radius 2 is 2.28 bits per heavy atom. The molecular formula is C13H16N4O. The van der Waals surface area contributed by atoms with Crippen LogP contribution in [0.25, 0.3) is 0 Å². The number of nitriles is 1. The van der Waals surface area contributed by atoms with Crippen molar-refractivity contribution in [1.82, 2.24) is 4.90 Å². The highest BCUT2D eigenvalue weighted by atomic mass is 16.2. The van der Waals surface area contributed by atoms with Gasteiger partial charge in [-0.3, -0.25) is 4.79 Å². The van der Waals surface area contributed by atoms with Gasteiger partial charge in [0.1, 0.15) is 0 Å². The monoisotopic (exact) mass is 244 g/mol. The van der Waals surface area contributed by atoms with Crippen molar-refractivity contribution in [2.45, 2.75) is 0 Å². The molecule has 0 aliphatic carbocycles. The van der Waals surface area contributed by atoms with Crippen LogP contribution < -0.4 is 10.2 Å². The van der Waals surface area contributed by atoms with E-state index in [1.54, 1.807) is 17.0 Å². The summed E-state index contributed by atoms with van der Waals surface area (Å²) in [6.45, 7) is 1.74. The molecule has 0 atom stereocenters. The van der Waals surface area contributed by atoms with E-state index in [0.29, 0.717) is 18.7 Å². The number of anilines is 2. The first-order valence-corrected chi connectivity index (χ1v) is 5.85. The Hall–Kier alpha value is -2.06. The summed E-state index contributed by atoms with van der Waals surface area (Å²) in [7, 11) is 3.94. The third-order valence-electron chi connectivity index (χ3n) is 2.92. The zero-order valence-electron chi connectivity index (χ0n) is 10.6. The van der Waals surface area contributed by atoms with Crippen LogP contribution in [0.2, 0.25) is 0 Å². The molecule has 1 aliphatic rings. The molecule has 2 rings (SSSR count). The van der Waals surface area contributed by atoms with Crippen LogP contribution >= 0.6 is 0 Å². The number of hydrogen-bond donors (Lipinski definition) is 1. The molecule has 1 N–H and O–H groups in total. The first-order valence-electron chi connectivity index (χ1n) is 5.85. The lowest BCUT2D eigenvalue weighted by molar-refractivity contribution is -0.117. The van der Waals surface area contributed by atoms with Gasteiger partial charge in [-0.1, -0.05) is 0 Å². The molecule has 18 heavy (non-hydrogen) atoms. The van der Waals surface area contributed by atoms with Crippen molar-refractivity contribution < 1.29 is 4.79 Å². The van der Waals surface area contributed by atoms with Crippen molar-refractivity contribution in [2.75, 3.05) is 43.9 Å². The number of carbonyl (C=O) groups is 1. The molecule has 1 aromatic carbocycles. The lowest BCUT2D eigenvalue weighted by atomic mass is 10.1. The van der Waals surface area contributed by atoms with E-state index in [2.05, 4.69) is 11.4 Å². The van der Waals surface area contributed by atoms with Gasteiger partial charge in [0.2, 0.25) is 5.91 Å². The Labute approximate surface area is 107 Å². The Morgan fingerprint density at radius 1 is 1.50 bits per heavy atom. The second-order valence-electron chi connectivity index (χ2n) is 4.55. The normalized spacial score (nSPS) is 14.1. The second-order valence-corrected chi connectivity index (χ2v) is 4.55. The lowest BCUT2D eigenvalue weighted by Gasteiger charge is -2.31. The third-order valence-corrected chi connectivity index (χ3v) is 2.92. The van der Waals surface area contributed by atoms with Gasteiger partial charge < -0.3 is 15.1 Å². The van der Waals surface area contributed by atoms with Crippen molar-refractivity contribution in [1.29, 1.82) is 5.26 Å². The van der Waals surface area contributed by atoms with Gasteiger partial charge in [0.15, 0.2) is 0 Å². The van der Waals surface area contributed by atoms with Gasteiger partial charge in [0.25, 0.3) is 0 Å². The molecule has 5 heteroatoms. The van der Waals surface area contributed by atoms with E-state index in [4.69, 9.17) is 5.26 Å². The predicted molar refractivity (Wildman–Crippen MR) is 70.6 cm³/mol. The summed E-state index contributed by atoms with van der Waals surface area (Å²) >= 11 is 0. The molecule has 1 heterocycles. The SMILES string of the molecule is CN(C)CCN1C(=O)CNc2ccc(C#N)cc21. The number of carbonyl (C=O) groups excluding carboxylic acids is 1. The number of benzene rings is 1. The molecular weight excluding hydrogens is 228 g/mol. The molecule has 0 fully saturated rings. The lowest BCUT2D eigenvalue weighted by Crippen LogP contribution is -2.43. The van der Waals surface area contributed by atoms with Crippen molar-refractivity contribution in [3.8, 4) is 6.07 Å². The molecule has 0 saturated carbocycles. The molecule has 0 unspecified atom stereocenters. The summed E-state index contributed by atoms with van der Waals surface area (Å²) in [6.07, 6.45) is 0. The van der Waals surface area contributed by atoms with Crippen LogP contribution in [-0.4, -0.2) is 44.5 Å². The number of nitrogens with one attached hydrogen (secondary N) is 1. The van der Waals surface area contributed by atoms with Crippen LogP contribution in [0.15, 0.2) is 18.2 Å². The first kappa shape index (κ1) is 12.4. The molecule has 0 aromatic heterocycles. The van der Waals surface area contributed by atoms with Crippen LogP contribution in [0.1, 0.15) is 5.56 Å². The van der Waals surface area contributed by atoms with Crippen molar-refractivity contribution >= 4 is 17.3 Å². The summed E-state index contributed by atoms with van der Waals surface area (Å²) in [5.74, 6) is 0.0411. The second kappa shape index (κ2) is 5.07. The number of amides is 1. The quantitative estimate of drug-likeness (QED) is 0.857. The maximum absolute atomic E-state index is 11.9. The van der Waals surface area contributed by atoms with Crippen LogP contribution in [-0.2, 0) is 4.79 Å². The maximum atomic E-state index is 11.9. The Balaban J connectivity index is 2.30. The number of rotatable bonds is 3. The van der Waals surface area contributed by atoms with E-state index in [1.165, 1.54) is 0 Å². The van der Waals surface area contributed by atoms with Crippen LogP contribution in [0, 0.1) is 11.3 Å². The van der Waals surface area contributed by atoms with E-state index < -0.39 is 0 Å². The third kappa shape index (κ3) is 2.44. The van der Waals surface area contributed by atoms with Gasteiger partial charge in [0, 0.05) is 13.1 Å². The minimum absolute atomic E-state index is 0.0411. The molecule has 1 amide bonds. The van der Waals surface area contributed by atoms with Crippen LogP contribution in [0.4, 0.5) is 11.4 Å². The fourth-order valence-electron chi connectivity index (χ4n) is 1.92. The number of fused-ring (bicyclic) bond motifs is 1. The number of likely N-dealkylation sites (N-methyl/N-ethyl adjacent to an activating group) is 1. The van der Waals surface area contributed by atoms with Gasteiger partial charge in [-0.15, -0.1) is 0 Å². The summed E-state index contributed by atoms with van der Waals surface area (Å²) in [5, 5.41) is 12.0. The molecule has 0 saturated heterocycles. The van der Waals surface area contributed by atoms with Crippen molar-refractivity contribution in [3.63, 3.8) is 0 Å². The van der Waals surface area contributed by atoms with Crippen LogP contribution in [0.5, 0.6) is 0 Å². The number of nitrogens with zero attached hydrogens (tertiary/aromatic N) is 3. The zero-order chi connectivity index (χ0) is 13.1. The first-order chi connectivity index (χ1) is 8.61. The molecule has 0 bridgehead atoms. The van der Waals surface area contributed by atoms with Crippen molar-refractivity contribution in [3.05, 3.63) is 23.8 Å². The van der Waals surface area contributed by atoms with Crippen molar-refractivity contribution in [2.24, 2.45) is 0 Å². The largest absolute Gasteiger partial charge is 0.374 e. The van der Waals surface area contributed by atoms with Crippen LogP contribution in [0.3, 0.4) is 0 Å². The summed E-state index contributed by atoms with van der Waals surface area (Å²) < 4.78 is 0. The van der Waals surface area contributed by atoms with E-state index in [9.17, 15) is 4.79 Å². The molecule has 0 spiro atoms. The van der Waals surface area contributed by atoms with E-state index in [-0.39, 0.29) is 5.91 Å². The van der Waals surface area contributed by atoms with E-state index in [1.807, 2.05) is 25.1 Å². The average Bonchev–Trinajstić information content (AvgIpc) is 2.36. The van der Waals surface area contributed by atoms with Gasteiger partial charge in [-0.2, -0.15) is 5.26 Å². The molecule has 5 nitrogen and oxygen atoms in total. The summed E-state index contributed by atoms with van der Waals surface area (Å²) in [5.41, 5.74) is 2.28. The van der Waals surface area contributed by atoms with Gasteiger partial charge in [-0.05, 0) is 32.3 Å².